The fourth-order valence-electron chi connectivity index (χ4n) is 11.2. The molecule has 1 heteroatoms. The molecule has 0 bridgehead atoms. The Labute approximate surface area is 328 Å². The van der Waals surface area contributed by atoms with E-state index in [1.54, 1.807) is 0 Å². The SMILES string of the molecule is c1ccc(N(c2ccc(C3CCCCC3)cc2)c2cc3c(c4ccccc24)C2(c4ccccc4-c4ccccc42)c2c-3c3ccccc3c3ccccc23)cc1. The van der Waals surface area contributed by atoms with Crippen LogP contribution in [0.1, 0.15) is 65.8 Å². The number of benzene rings is 9. The number of rotatable bonds is 4. The summed E-state index contributed by atoms with van der Waals surface area (Å²) in [6.45, 7) is 0. The molecule has 1 spiro atoms. The summed E-state index contributed by atoms with van der Waals surface area (Å²) in [6, 6.07) is 69.0. The Balaban J connectivity index is 1.23. The molecular weight excluding hydrogens is 675 g/mol. The summed E-state index contributed by atoms with van der Waals surface area (Å²) in [6.07, 6.45) is 6.64. The van der Waals surface area contributed by atoms with Crippen molar-refractivity contribution in [2.24, 2.45) is 0 Å². The van der Waals surface area contributed by atoms with E-state index in [9.17, 15) is 0 Å². The van der Waals surface area contributed by atoms with Crippen LogP contribution in [0, 0.1) is 0 Å². The highest BCUT2D eigenvalue weighted by Gasteiger charge is 2.54. The third-order valence-corrected chi connectivity index (χ3v) is 13.4. The van der Waals surface area contributed by atoms with Crippen LogP contribution >= 0.6 is 0 Å². The van der Waals surface area contributed by atoms with E-state index < -0.39 is 5.41 Å². The number of para-hydroxylation sites is 1. The number of hydrogen-bond donors (Lipinski definition) is 0. The predicted octanol–water partition coefficient (Wildman–Crippen LogP) is 15.0. The van der Waals surface area contributed by atoms with Gasteiger partial charge in [-0.3, -0.25) is 0 Å². The van der Waals surface area contributed by atoms with E-state index >= 15 is 0 Å². The summed E-state index contributed by atoms with van der Waals surface area (Å²) in [5, 5.41) is 7.81. The summed E-state index contributed by atoms with van der Waals surface area (Å²) in [7, 11) is 0. The maximum atomic E-state index is 2.55. The fourth-order valence-corrected chi connectivity index (χ4v) is 11.2. The minimum atomic E-state index is -0.501. The van der Waals surface area contributed by atoms with Crippen LogP contribution in [0.3, 0.4) is 0 Å². The second-order valence-corrected chi connectivity index (χ2v) is 16.1. The molecule has 0 atom stereocenters. The monoisotopic (exact) mass is 715 g/mol. The molecule has 1 saturated carbocycles. The van der Waals surface area contributed by atoms with E-state index in [1.807, 2.05) is 0 Å². The van der Waals surface area contributed by atoms with Gasteiger partial charge >= 0.3 is 0 Å². The van der Waals surface area contributed by atoms with Crippen LogP contribution in [0.4, 0.5) is 17.1 Å². The molecular formula is C55H41N. The zero-order chi connectivity index (χ0) is 36.8. The van der Waals surface area contributed by atoms with Crippen molar-refractivity contribution in [3.63, 3.8) is 0 Å². The quantitative estimate of drug-likeness (QED) is 0.164. The third-order valence-electron chi connectivity index (χ3n) is 13.4. The molecule has 0 unspecified atom stereocenters. The first-order valence-electron chi connectivity index (χ1n) is 20.5. The van der Waals surface area contributed by atoms with Crippen molar-refractivity contribution in [2.45, 2.75) is 43.4 Å². The van der Waals surface area contributed by atoms with Crippen LogP contribution in [-0.2, 0) is 5.41 Å². The Morgan fingerprint density at radius 2 is 0.893 bits per heavy atom. The van der Waals surface area contributed by atoms with E-state index in [2.05, 4.69) is 187 Å². The van der Waals surface area contributed by atoms with Crippen LogP contribution in [0.5, 0.6) is 0 Å². The van der Waals surface area contributed by atoms with Crippen LogP contribution in [0.25, 0.3) is 54.6 Å². The average molecular weight is 716 g/mol. The zero-order valence-electron chi connectivity index (χ0n) is 31.4. The van der Waals surface area contributed by atoms with Crippen molar-refractivity contribution in [2.75, 3.05) is 4.90 Å². The molecule has 0 saturated heterocycles. The number of anilines is 3. The highest BCUT2D eigenvalue weighted by atomic mass is 15.1. The lowest BCUT2D eigenvalue weighted by molar-refractivity contribution is 0.443. The maximum absolute atomic E-state index is 2.55. The molecule has 1 nitrogen and oxygen atoms in total. The summed E-state index contributed by atoms with van der Waals surface area (Å²) in [5.41, 5.74) is 15.4. The van der Waals surface area contributed by atoms with Crippen molar-refractivity contribution >= 4 is 49.4 Å². The van der Waals surface area contributed by atoms with E-state index in [0.29, 0.717) is 5.92 Å². The molecule has 0 amide bonds. The second-order valence-electron chi connectivity index (χ2n) is 16.1. The molecule has 266 valence electrons. The molecule has 9 aromatic carbocycles. The van der Waals surface area contributed by atoms with E-state index in [0.717, 1.165) is 5.69 Å². The first-order chi connectivity index (χ1) is 27.8. The minimum absolute atomic E-state index is 0.501. The van der Waals surface area contributed by atoms with Crippen LogP contribution in [0.2, 0.25) is 0 Å². The van der Waals surface area contributed by atoms with E-state index in [4.69, 9.17) is 0 Å². The van der Waals surface area contributed by atoms with Crippen LogP contribution in [0.15, 0.2) is 182 Å². The Kier molecular flexibility index (Phi) is 6.99. The highest BCUT2D eigenvalue weighted by molar-refractivity contribution is 6.22. The maximum Gasteiger partial charge on any atom is 0.0737 e. The molecule has 0 radical (unpaired) electrons. The van der Waals surface area contributed by atoms with E-state index in [1.165, 1.54) is 126 Å². The topological polar surface area (TPSA) is 3.24 Å². The smallest absolute Gasteiger partial charge is 0.0737 e. The van der Waals surface area contributed by atoms with E-state index in [-0.39, 0.29) is 0 Å². The van der Waals surface area contributed by atoms with Crippen LogP contribution < -0.4 is 4.90 Å². The molecule has 1 fully saturated rings. The Bertz CT molecular complexity index is 2960. The summed E-state index contributed by atoms with van der Waals surface area (Å²) in [4.78, 5) is 2.51. The van der Waals surface area contributed by atoms with Gasteiger partial charge in [0.1, 0.15) is 0 Å². The molecule has 0 N–H and O–H groups in total. The first-order valence-corrected chi connectivity index (χ1v) is 20.5. The van der Waals surface area contributed by atoms with Crippen molar-refractivity contribution < 1.29 is 0 Å². The van der Waals surface area contributed by atoms with Gasteiger partial charge in [-0.1, -0.05) is 171 Å². The molecule has 0 aromatic heterocycles. The van der Waals surface area contributed by atoms with Crippen LogP contribution in [-0.4, -0.2) is 0 Å². The Morgan fingerprint density at radius 3 is 1.55 bits per heavy atom. The number of hydrogen-bond acceptors (Lipinski definition) is 1. The van der Waals surface area contributed by atoms with Gasteiger partial charge in [0.15, 0.2) is 0 Å². The largest absolute Gasteiger partial charge is 0.310 e. The fraction of sp³-hybridized carbons (Fsp3) is 0.127. The lowest BCUT2D eigenvalue weighted by Crippen LogP contribution is -2.26. The zero-order valence-corrected chi connectivity index (χ0v) is 31.4. The molecule has 3 aliphatic rings. The normalized spacial score (nSPS) is 15.2. The lowest BCUT2D eigenvalue weighted by atomic mass is 9.68. The molecule has 12 rings (SSSR count). The van der Waals surface area contributed by atoms with Gasteiger partial charge in [-0.2, -0.15) is 0 Å². The van der Waals surface area contributed by atoms with Crippen molar-refractivity contribution in [3.05, 3.63) is 210 Å². The van der Waals surface area contributed by atoms with Gasteiger partial charge in [0.05, 0.1) is 11.1 Å². The van der Waals surface area contributed by atoms with Gasteiger partial charge in [-0.25, -0.2) is 0 Å². The van der Waals surface area contributed by atoms with Gasteiger partial charge in [0.25, 0.3) is 0 Å². The molecule has 56 heavy (non-hydrogen) atoms. The second kappa shape index (κ2) is 12.3. The van der Waals surface area contributed by atoms with Crippen molar-refractivity contribution in [3.8, 4) is 22.3 Å². The van der Waals surface area contributed by atoms with Gasteiger partial charge < -0.3 is 4.90 Å². The molecule has 9 aromatic rings. The first kappa shape index (κ1) is 31.9. The predicted molar refractivity (Wildman–Crippen MR) is 236 cm³/mol. The standard InChI is InChI=1S/C55H41N/c1-3-17-36(18-4-1)37-31-33-39(34-32-37)56(38-19-5-2-6-20-38)51-35-48-52-45-26-10-7-21-40(45)41-22-8-11-27-46(41)54(52)55(53(48)47-28-12-9-25-44(47)51)49-29-15-13-23-42(49)43-24-14-16-30-50(43)55/h2,5-16,19-36H,1,3-4,17-18H2. The molecule has 3 aliphatic carbocycles. The van der Waals surface area contributed by atoms with Gasteiger partial charge in [0, 0.05) is 16.8 Å². The third kappa shape index (κ3) is 4.32. The summed E-state index contributed by atoms with van der Waals surface area (Å²) >= 11 is 0. The summed E-state index contributed by atoms with van der Waals surface area (Å²) < 4.78 is 0. The highest BCUT2D eigenvalue weighted by Crippen LogP contribution is 2.67. The average Bonchev–Trinajstić information content (AvgIpc) is 3.75. The van der Waals surface area contributed by atoms with Gasteiger partial charge in [-0.15, -0.1) is 0 Å². The Morgan fingerprint density at radius 1 is 0.393 bits per heavy atom. The minimum Gasteiger partial charge on any atom is -0.310 e. The number of fused-ring (bicyclic) bond motifs is 17. The molecule has 0 heterocycles. The van der Waals surface area contributed by atoms with Crippen molar-refractivity contribution in [1.29, 1.82) is 0 Å². The lowest BCUT2D eigenvalue weighted by Gasteiger charge is -2.33. The molecule has 0 aliphatic heterocycles. The summed E-state index contributed by atoms with van der Waals surface area (Å²) in [5.74, 6) is 0.664. The van der Waals surface area contributed by atoms with Crippen molar-refractivity contribution in [1.82, 2.24) is 0 Å². The van der Waals surface area contributed by atoms with Gasteiger partial charge in [-0.05, 0) is 126 Å². The number of nitrogens with zero attached hydrogens (tertiary/aromatic N) is 1. The Hall–Kier alpha value is -6.44. The van der Waals surface area contributed by atoms with Gasteiger partial charge in [0.2, 0.25) is 0 Å².